The molecule has 3 unspecified atom stereocenters. The van der Waals surface area contributed by atoms with Crippen molar-refractivity contribution in [1.82, 2.24) is 5.32 Å². The first kappa shape index (κ1) is 33.4. The van der Waals surface area contributed by atoms with Crippen molar-refractivity contribution in [3.8, 4) is 0 Å². The molecule has 1 aliphatic rings. The summed E-state index contributed by atoms with van der Waals surface area (Å²) in [7, 11) is 2.73. The van der Waals surface area contributed by atoms with Crippen molar-refractivity contribution >= 4 is 12.6 Å². The van der Waals surface area contributed by atoms with Gasteiger partial charge in [-0.3, -0.25) is 0 Å². The lowest BCUT2D eigenvalue weighted by molar-refractivity contribution is -0.112. The van der Waals surface area contributed by atoms with Crippen molar-refractivity contribution in [2.75, 3.05) is 20.7 Å². The monoisotopic (exact) mass is 463 g/mol. The fraction of sp³-hybridized carbons (Fsp3) is 0.643. The molecule has 0 aliphatic heterocycles. The fourth-order valence-corrected chi connectivity index (χ4v) is 3.57. The Balaban J connectivity index is 0. The maximum atomic E-state index is 10.9. The second-order valence-electron chi connectivity index (χ2n) is 8.66. The minimum atomic E-state index is -0.255. The molecule has 4 atom stereocenters. The Morgan fingerprint density at radius 1 is 1.15 bits per heavy atom. The molecule has 1 aromatic rings. The van der Waals surface area contributed by atoms with E-state index in [0.29, 0.717) is 18.4 Å². The highest BCUT2D eigenvalue weighted by atomic mass is 16.3. The molecule has 0 heterocycles. The quantitative estimate of drug-likeness (QED) is 0.408. The molecule has 2 rings (SSSR count). The zero-order chi connectivity index (χ0) is 25.5. The first-order valence-electron chi connectivity index (χ1n) is 12.2. The molecule has 0 bridgehead atoms. The Morgan fingerprint density at radius 2 is 1.79 bits per heavy atom. The van der Waals surface area contributed by atoms with Crippen molar-refractivity contribution in [3.05, 3.63) is 47.5 Å². The number of rotatable bonds is 6. The van der Waals surface area contributed by atoms with Gasteiger partial charge in [-0.1, -0.05) is 69.2 Å². The van der Waals surface area contributed by atoms with Crippen LogP contribution in [-0.2, 0) is 16.0 Å². The summed E-state index contributed by atoms with van der Waals surface area (Å²) < 4.78 is 0. The zero-order valence-electron chi connectivity index (χ0n) is 21.8. The van der Waals surface area contributed by atoms with E-state index in [1.54, 1.807) is 7.05 Å². The molecule has 190 valence electrons. The largest absolute Gasteiger partial charge is 0.400 e. The van der Waals surface area contributed by atoms with Crippen LogP contribution in [0.3, 0.4) is 0 Å². The molecule has 0 aromatic heterocycles. The Bertz CT molecular complexity index is 603. The number of aldehydes is 2. The SMILES string of the molecule is CC1=CCCC(C)C(O)CC([C@H](C)C=O)CC1.CCCc1ccccc1.CNCC=O.CO. The summed E-state index contributed by atoms with van der Waals surface area (Å²) in [6, 6.07) is 10.6. The van der Waals surface area contributed by atoms with E-state index in [2.05, 4.69) is 62.5 Å². The minimum Gasteiger partial charge on any atom is -0.400 e. The van der Waals surface area contributed by atoms with E-state index >= 15 is 0 Å². The van der Waals surface area contributed by atoms with Crippen LogP contribution in [0, 0.1) is 17.8 Å². The normalized spacial score (nSPS) is 21.2. The number of benzene rings is 1. The van der Waals surface area contributed by atoms with Gasteiger partial charge < -0.3 is 25.1 Å². The van der Waals surface area contributed by atoms with Gasteiger partial charge in [0.15, 0.2) is 0 Å². The van der Waals surface area contributed by atoms with Gasteiger partial charge in [0.25, 0.3) is 0 Å². The van der Waals surface area contributed by atoms with Crippen LogP contribution in [0.15, 0.2) is 42.0 Å². The highest BCUT2D eigenvalue weighted by molar-refractivity contribution is 5.53. The van der Waals surface area contributed by atoms with Crippen molar-refractivity contribution in [3.63, 3.8) is 0 Å². The van der Waals surface area contributed by atoms with Gasteiger partial charge >= 0.3 is 0 Å². The summed E-state index contributed by atoms with van der Waals surface area (Å²) in [5.41, 5.74) is 2.87. The van der Waals surface area contributed by atoms with E-state index in [1.165, 1.54) is 24.0 Å². The van der Waals surface area contributed by atoms with E-state index in [4.69, 9.17) is 5.11 Å². The van der Waals surface area contributed by atoms with Crippen LogP contribution in [0.1, 0.15) is 71.8 Å². The lowest BCUT2D eigenvalue weighted by Gasteiger charge is -2.27. The predicted molar refractivity (Wildman–Crippen MR) is 139 cm³/mol. The first-order chi connectivity index (χ1) is 15.9. The molecule has 5 heteroatoms. The predicted octanol–water partition coefficient (Wildman–Crippen LogP) is 5.00. The van der Waals surface area contributed by atoms with E-state index in [9.17, 15) is 14.7 Å². The van der Waals surface area contributed by atoms with E-state index in [0.717, 1.165) is 51.8 Å². The standard InChI is InChI=1S/C15H26O2.C9H12.C3H7NO.CH4O/c1-11-5-4-6-12(2)15(17)9-14(8-7-11)13(3)10-16;1-2-6-9-7-4-3-5-8-9;1-4-2-3-5;1-2/h5,10,12-15,17H,4,6-9H2,1-3H3;3-5,7-8H,2,6H2,1H3;3-4H,2H2,1H3;2H,1H3/t12?,13-,14?,15?;;;/m1.../s1. The lowest BCUT2D eigenvalue weighted by atomic mass is 9.80. The molecule has 0 amide bonds. The van der Waals surface area contributed by atoms with Crippen LogP contribution < -0.4 is 5.32 Å². The van der Waals surface area contributed by atoms with Crippen LogP contribution in [-0.4, -0.2) is 49.6 Å². The van der Waals surface area contributed by atoms with Gasteiger partial charge in [0.05, 0.1) is 12.6 Å². The van der Waals surface area contributed by atoms with Gasteiger partial charge in [-0.05, 0) is 69.9 Å². The average Bonchev–Trinajstić information content (AvgIpc) is 2.84. The molecule has 3 N–H and O–H groups in total. The number of aryl methyl sites for hydroxylation is 1. The van der Waals surface area contributed by atoms with Crippen LogP contribution in [0.4, 0.5) is 0 Å². The molecular weight excluding hydrogens is 414 g/mol. The average molecular weight is 464 g/mol. The summed E-state index contributed by atoms with van der Waals surface area (Å²) in [5.74, 6) is 0.717. The number of carbonyl (C=O) groups is 2. The maximum Gasteiger partial charge on any atom is 0.133 e. The summed E-state index contributed by atoms with van der Waals surface area (Å²) in [6.07, 6.45) is 11.3. The lowest BCUT2D eigenvalue weighted by Crippen LogP contribution is -2.25. The molecule has 0 spiro atoms. The molecule has 0 radical (unpaired) electrons. The van der Waals surface area contributed by atoms with E-state index in [-0.39, 0.29) is 12.0 Å². The van der Waals surface area contributed by atoms with Crippen LogP contribution in [0.5, 0.6) is 0 Å². The third-order valence-corrected chi connectivity index (χ3v) is 5.85. The van der Waals surface area contributed by atoms with Crippen molar-refractivity contribution in [2.45, 2.75) is 78.7 Å². The Hall–Kier alpha value is -1.82. The second-order valence-corrected chi connectivity index (χ2v) is 8.66. The molecule has 33 heavy (non-hydrogen) atoms. The number of allylic oxidation sites excluding steroid dienone is 2. The van der Waals surface area contributed by atoms with E-state index in [1.807, 2.05) is 6.92 Å². The number of hydrogen-bond acceptors (Lipinski definition) is 5. The summed E-state index contributed by atoms with van der Waals surface area (Å²) >= 11 is 0. The smallest absolute Gasteiger partial charge is 0.133 e. The van der Waals surface area contributed by atoms with Crippen molar-refractivity contribution in [1.29, 1.82) is 0 Å². The third-order valence-electron chi connectivity index (χ3n) is 5.85. The molecule has 0 saturated carbocycles. The highest BCUT2D eigenvalue weighted by Crippen LogP contribution is 2.29. The number of aliphatic hydroxyl groups is 2. The van der Waals surface area contributed by atoms with Crippen molar-refractivity contribution < 1.29 is 19.8 Å². The number of nitrogens with one attached hydrogen (secondary N) is 1. The fourth-order valence-electron chi connectivity index (χ4n) is 3.57. The highest BCUT2D eigenvalue weighted by Gasteiger charge is 2.24. The van der Waals surface area contributed by atoms with Gasteiger partial charge in [0, 0.05) is 13.0 Å². The van der Waals surface area contributed by atoms with Crippen LogP contribution in [0.25, 0.3) is 0 Å². The first-order valence-corrected chi connectivity index (χ1v) is 12.2. The Labute approximate surface area is 202 Å². The van der Waals surface area contributed by atoms with Gasteiger partial charge in [-0.15, -0.1) is 0 Å². The summed E-state index contributed by atoms with van der Waals surface area (Å²) in [6.45, 7) is 8.91. The number of likely N-dealkylation sites (N-methyl/N-ethyl adjacent to an activating group) is 1. The molecular formula is C28H49NO4. The maximum absolute atomic E-state index is 10.9. The second kappa shape index (κ2) is 23.3. The van der Waals surface area contributed by atoms with Gasteiger partial charge in [0.1, 0.15) is 12.6 Å². The molecule has 1 aromatic carbocycles. The van der Waals surface area contributed by atoms with Crippen LogP contribution >= 0.6 is 0 Å². The summed E-state index contributed by atoms with van der Waals surface area (Å²) in [4.78, 5) is 20.3. The van der Waals surface area contributed by atoms with Gasteiger partial charge in [-0.25, -0.2) is 0 Å². The molecule has 0 fully saturated rings. The third kappa shape index (κ3) is 18.3. The number of carbonyl (C=O) groups excluding carboxylic acids is 2. The molecule has 5 nitrogen and oxygen atoms in total. The van der Waals surface area contributed by atoms with Gasteiger partial charge in [0.2, 0.25) is 0 Å². The van der Waals surface area contributed by atoms with Crippen molar-refractivity contribution in [2.24, 2.45) is 17.8 Å². The molecule has 0 saturated heterocycles. The number of aliphatic hydroxyl groups excluding tert-OH is 2. The zero-order valence-corrected chi connectivity index (χ0v) is 21.8. The summed E-state index contributed by atoms with van der Waals surface area (Å²) in [5, 5.41) is 19.8. The minimum absolute atomic E-state index is 0.0593. The van der Waals surface area contributed by atoms with Crippen LogP contribution in [0.2, 0.25) is 0 Å². The Morgan fingerprint density at radius 3 is 2.27 bits per heavy atom. The topological polar surface area (TPSA) is 86.6 Å². The van der Waals surface area contributed by atoms with Gasteiger partial charge in [-0.2, -0.15) is 0 Å². The number of hydrogen-bond donors (Lipinski definition) is 3. The Kier molecular flexibility index (Phi) is 23.6. The molecule has 1 aliphatic carbocycles. The van der Waals surface area contributed by atoms with E-state index < -0.39 is 0 Å².